The highest BCUT2D eigenvalue weighted by Gasteiger charge is 2.47. The van der Waals surface area contributed by atoms with Crippen LogP contribution in [0.25, 0.3) is 11.2 Å². The molecule has 2 aromatic heterocycles. The molecular weight excluding hydrogens is 1140 g/mol. The summed E-state index contributed by atoms with van der Waals surface area (Å²) in [5, 5.41) is 46.3. The smallest absolute Gasteiger partial charge is 0.274 e. The molecule has 0 radical (unpaired) electrons. The van der Waals surface area contributed by atoms with Crippen molar-refractivity contribution in [1.82, 2.24) is 30.2 Å². The Morgan fingerprint density at radius 1 is 0.875 bits per heavy atom. The van der Waals surface area contributed by atoms with Crippen LogP contribution in [0.4, 0.5) is 5.82 Å². The van der Waals surface area contributed by atoms with E-state index < -0.39 is 103 Å². The lowest BCUT2D eigenvalue weighted by molar-refractivity contribution is -0.347. The molecule has 28 nitrogen and oxygen atoms in total. The van der Waals surface area contributed by atoms with Gasteiger partial charge >= 0.3 is 0 Å². The van der Waals surface area contributed by atoms with Crippen LogP contribution in [0.3, 0.4) is 0 Å². The third-order valence-corrected chi connectivity index (χ3v) is 17.1. The van der Waals surface area contributed by atoms with Gasteiger partial charge in [0.1, 0.15) is 42.4 Å². The van der Waals surface area contributed by atoms with Crippen molar-refractivity contribution in [3.05, 3.63) is 24.8 Å². The van der Waals surface area contributed by atoms with Crippen molar-refractivity contribution >= 4 is 69.1 Å². The molecule has 0 spiro atoms. The quantitative estimate of drug-likeness (QED) is 0.0286. The minimum Gasteiger partial charge on any atom is -0.790 e. The van der Waals surface area contributed by atoms with Crippen molar-refractivity contribution in [3.8, 4) is 0 Å². The predicted molar refractivity (Wildman–Crippen MR) is 283 cm³/mol. The van der Waals surface area contributed by atoms with Gasteiger partial charge in [0.2, 0.25) is 16.9 Å². The van der Waals surface area contributed by atoms with Gasteiger partial charge in [0.25, 0.3) is 15.6 Å². The lowest BCUT2D eigenvalue weighted by atomic mass is 9.87. The first-order valence-electron chi connectivity index (χ1n) is 27.0. The number of phosphoric ester groups is 3. The first-order valence-corrected chi connectivity index (χ1v) is 32.4. The molecule has 0 saturated carbocycles. The van der Waals surface area contributed by atoms with Gasteiger partial charge in [-0.25, -0.2) is 19.3 Å². The van der Waals surface area contributed by atoms with Crippen molar-refractivity contribution in [2.24, 2.45) is 5.41 Å². The number of nitrogens with zero attached hydrogens (tertiary/aromatic N) is 4. The summed E-state index contributed by atoms with van der Waals surface area (Å²) in [5.41, 5.74) is 4.07. The van der Waals surface area contributed by atoms with E-state index in [4.69, 9.17) is 19.9 Å². The number of carbonyl (C=O) groups is 3. The van der Waals surface area contributed by atoms with Gasteiger partial charge in [0.05, 0.1) is 45.7 Å². The molecule has 0 bridgehead atoms. The van der Waals surface area contributed by atoms with Crippen molar-refractivity contribution in [2.75, 3.05) is 37.8 Å². The van der Waals surface area contributed by atoms with E-state index in [0.717, 1.165) is 73.9 Å². The Balaban J connectivity index is 0.975. The Labute approximate surface area is 470 Å². The standard InChI is InChI=1S/C48H84N7O21P3S/c1-32(72-47-35(57)27-34(56)33(2)73-47)21-19-17-15-13-11-9-7-5-6-8-10-12-14-16-18-20-22-38(59)80-26-25-50-37(58)23-24-51-45(62)42(61)48(3,4)29-71-79(68,69)76-78(66,67)70-28-36-41(75-77(63,64)65)40(60)46(74-36)55-31-54-39-43(49)52-30-53-44(39)55/h20,22,30-36,40-42,46-47,56-57,60-61H,5-19,21,23-29H2,1-4H3,(H,50,58)(H,51,62)(H,66,67)(H,68,69)(H2,49,52,53)(H2,63,64,65)/p-4/b22-20+/t32-,33+,34-,35-,36-,40-,41-,42+,46-,47-/m1/s1. The molecule has 32 heteroatoms. The number of thioether (sulfide) groups is 1. The highest BCUT2D eigenvalue weighted by atomic mass is 32.2. The summed E-state index contributed by atoms with van der Waals surface area (Å²) < 4.78 is 72.4. The molecule has 80 heavy (non-hydrogen) atoms. The number of amides is 2. The number of aliphatic hydroxyl groups is 4. The van der Waals surface area contributed by atoms with Crippen molar-refractivity contribution in [2.45, 2.75) is 205 Å². The molecule has 0 aromatic carbocycles. The number of carbonyl (C=O) groups excluding carboxylic acids is 3. The highest BCUT2D eigenvalue weighted by molar-refractivity contribution is 8.14. The van der Waals surface area contributed by atoms with Gasteiger partial charge in [0.15, 0.2) is 24.0 Å². The highest BCUT2D eigenvalue weighted by Crippen LogP contribution is 2.56. The monoisotopic (exact) mass is 1220 g/mol. The summed E-state index contributed by atoms with van der Waals surface area (Å²) in [5.74, 6) is -1.25. The second-order valence-corrected chi connectivity index (χ2v) is 25.8. The van der Waals surface area contributed by atoms with Crippen LogP contribution in [0.1, 0.15) is 149 Å². The molecule has 0 aliphatic carbocycles. The van der Waals surface area contributed by atoms with Crippen LogP contribution < -0.4 is 35.9 Å². The van der Waals surface area contributed by atoms with E-state index in [1.54, 1.807) is 6.92 Å². The van der Waals surface area contributed by atoms with Gasteiger partial charge in [-0.2, -0.15) is 0 Å². The van der Waals surface area contributed by atoms with E-state index in [1.165, 1.54) is 77.7 Å². The van der Waals surface area contributed by atoms with Crippen LogP contribution in [0.2, 0.25) is 0 Å². The second-order valence-electron chi connectivity index (χ2n) is 20.6. The number of nitrogens with one attached hydrogen (secondary N) is 2. The molecule has 2 fully saturated rings. The topological polar surface area (TPSA) is 434 Å². The van der Waals surface area contributed by atoms with E-state index in [2.05, 4.69) is 43.5 Å². The normalized spacial score (nSPS) is 24.1. The fourth-order valence-electron chi connectivity index (χ4n) is 8.66. The Hall–Kier alpha value is -2.86. The summed E-state index contributed by atoms with van der Waals surface area (Å²) in [7, 11) is -17.7. The lowest BCUT2D eigenvalue weighted by Crippen LogP contribution is -2.48. The van der Waals surface area contributed by atoms with Gasteiger partial charge in [-0.1, -0.05) is 115 Å². The lowest BCUT2D eigenvalue weighted by Gasteiger charge is -2.36. The first kappa shape index (κ1) is 69.6. The number of aliphatic hydroxyl groups excluding tert-OH is 4. The maximum Gasteiger partial charge on any atom is 0.274 e. The third kappa shape index (κ3) is 25.2. The molecule has 4 heterocycles. The Morgan fingerprint density at radius 3 is 2.12 bits per heavy atom. The van der Waals surface area contributed by atoms with E-state index in [-0.39, 0.29) is 60.2 Å². The molecule has 4 rings (SSSR count). The van der Waals surface area contributed by atoms with Crippen LogP contribution in [0, 0.1) is 5.41 Å². The predicted octanol–water partition coefficient (Wildman–Crippen LogP) is 2.20. The molecule has 458 valence electrons. The number of imidazole rings is 1. The molecule has 2 unspecified atom stereocenters. The van der Waals surface area contributed by atoms with Gasteiger partial charge in [-0.3, -0.25) is 28.1 Å². The summed E-state index contributed by atoms with van der Waals surface area (Å²) in [6.45, 7) is 3.86. The Kier molecular flexibility index (Phi) is 29.8. The number of rotatable bonds is 39. The van der Waals surface area contributed by atoms with Crippen molar-refractivity contribution in [3.63, 3.8) is 0 Å². The molecular formula is C48H80N7O21P3S-4. The third-order valence-electron chi connectivity index (χ3n) is 13.3. The van der Waals surface area contributed by atoms with E-state index in [1.807, 2.05) is 13.0 Å². The zero-order chi connectivity index (χ0) is 59.1. The summed E-state index contributed by atoms with van der Waals surface area (Å²) >= 11 is 1.05. The van der Waals surface area contributed by atoms with Crippen LogP contribution >= 0.6 is 35.2 Å². The molecule has 8 N–H and O–H groups in total. The zero-order valence-corrected chi connectivity index (χ0v) is 49.2. The minimum atomic E-state index is -5.93. The van der Waals surface area contributed by atoms with Crippen LogP contribution in [-0.4, -0.2) is 144 Å². The number of nitrogens with two attached hydrogens (primary N) is 1. The molecule has 2 aliphatic heterocycles. The summed E-state index contributed by atoms with van der Waals surface area (Å²) in [6.07, 6.45) is 12.0. The van der Waals surface area contributed by atoms with Crippen LogP contribution in [0.15, 0.2) is 24.8 Å². The second kappa shape index (κ2) is 34.2. The van der Waals surface area contributed by atoms with Gasteiger partial charge < -0.3 is 88.7 Å². The fourth-order valence-corrected chi connectivity index (χ4v) is 12.0. The number of nitrogen functional groups attached to an aromatic ring is 1. The molecule has 12 atom stereocenters. The van der Waals surface area contributed by atoms with Gasteiger partial charge in [0, 0.05) is 37.1 Å². The number of aromatic nitrogens is 4. The number of anilines is 1. The number of phosphoric acid groups is 3. The number of hydrogen-bond acceptors (Lipinski definition) is 26. The van der Waals surface area contributed by atoms with E-state index in [0.29, 0.717) is 5.75 Å². The largest absolute Gasteiger partial charge is 0.790 e. The van der Waals surface area contributed by atoms with Crippen LogP contribution in [0.5, 0.6) is 0 Å². The number of hydrogen-bond donors (Lipinski definition) is 7. The number of fused-ring (bicyclic) bond motifs is 1. The van der Waals surface area contributed by atoms with E-state index >= 15 is 0 Å². The maximum absolute atomic E-state index is 12.7. The van der Waals surface area contributed by atoms with Gasteiger partial charge in [-0.15, -0.1) is 0 Å². The molecule has 2 amide bonds. The first-order chi connectivity index (χ1) is 37.7. The van der Waals surface area contributed by atoms with E-state index in [9.17, 15) is 68.1 Å². The van der Waals surface area contributed by atoms with Gasteiger partial charge in [-0.05, 0) is 39.2 Å². The summed E-state index contributed by atoms with van der Waals surface area (Å²) in [4.78, 5) is 97.1. The van der Waals surface area contributed by atoms with Crippen molar-refractivity contribution < 1.29 is 100 Å². The molecule has 2 saturated heterocycles. The van der Waals surface area contributed by atoms with Crippen LogP contribution in [-0.2, 0) is 60.2 Å². The average Bonchev–Trinajstić information content (AvgIpc) is 3.94. The maximum atomic E-state index is 12.7. The minimum absolute atomic E-state index is 0.00235. The Bertz CT molecular complexity index is 2410. The number of allylic oxidation sites excluding steroid dienone is 1. The fraction of sp³-hybridized carbons (Fsp3) is 0.792. The zero-order valence-electron chi connectivity index (χ0n) is 45.7. The van der Waals surface area contributed by atoms with Crippen molar-refractivity contribution in [1.29, 1.82) is 0 Å². The Morgan fingerprint density at radius 2 is 1.49 bits per heavy atom. The average molecular weight is 1220 g/mol. The SMILES string of the molecule is C[C@H](CCCCCCCCCCCCCCCC/C=C/C(=O)SCCNC(=O)CCNC(=O)[C@H](O)C(C)(C)COP(=O)([O-])OP(=O)([O-])OC[C@H]1O[C@@H](n2cnc3c(N)ncnc32)[C@H](O)[C@@H]1OP(=O)([O-])[O-])O[C@@H]1O[C@@H](C)[C@H](O)C[C@H]1O. The molecule has 2 aromatic rings. The summed E-state index contributed by atoms with van der Waals surface area (Å²) in [6, 6.07) is 0. The molecule has 2 aliphatic rings. The number of unbranched alkanes of at least 4 members (excludes halogenated alkanes) is 14. The number of ether oxygens (including phenoxy) is 3.